The third-order valence-electron chi connectivity index (χ3n) is 5.73. The molecule has 0 aliphatic rings. The van der Waals surface area contributed by atoms with Gasteiger partial charge in [-0.3, -0.25) is 13.9 Å². The summed E-state index contributed by atoms with van der Waals surface area (Å²) in [7, 11) is -4.28. The van der Waals surface area contributed by atoms with E-state index < -0.39 is 34.3 Å². The first-order valence-electron chi connectivity index (χ1n) is 11.7. The van der Waals surface area contributed by atoms with Gasteiger partial charge in [0.05, 0.1) is 10.6 Å². The van der Waals surface area contributed by atoms with E-state index in [9.17, 15) is 22.4 Å². The Balaban J connectivity index is 1.97. The number of carbonyl (C=O) groups excluding carboxylic acids is 2. The van der Waals surface area contributed by atoms with Gasteiger partial charge in [-0.1, -0.05) is 60.7 Å². The highest BCUT2D eigenvalue weighted by Crippen LogP contribution is 2.26. The van der Waals surface area contributed by atoms with Gasteiger partial charge in [0.15, 0.2) is 0 Å². The van der Waals surface area contributed by atoms with Crippen LogP contribution in [0, 0.1) is 5.82 Å². The number of anilines is 1. The zero-order valence-corrected chi connectivity index (χ0v) is 21.1. The zero-order valence-electron chi connectivity index (χ0n) is 20.3. The molecular weight excluding hydrogens is 481 g/mol. The second-order valence-electron chi connectivity index (χ2n) is 8.17. The number of amides is 2. The molecule has 0 saturated heterocycles. The van der Waals surface area contributed by atoms with Crippen LogP contribution in [0.2, 0.25) is 0 Å². The van der Waals surface area contributed by atoms with E-state index in [0.29, 0.717) is 13.0 Å². The van der Waals surface area contributed by atoms with E-state index in [1.807, 2.05) is 30.3 Å². The van der Waals surface area contributed by atoms with Gasteiger partial charge in [0.1, 0.15) is 18.4 Å². The van der Waals surface area contributed by atoms with Crippen LogP contribution in [0.3, 0.4) is 0 Å². The average molecular weight is 512 g/mol. The molecule has 0 fully saturated rings. The normalized spacial score (nSPS) is 12.0. The molecular formula is C27H30FN3O4S. The number of hydrogen-bond acceptors (Lipinski definition) is 4. The Morgan fingerprint density at radius 2 is 1.50 bits per heavy atom. The van der Waals surface area contributed by atoms with Crippen molar-refractivity contribution in [1.29, 1.82) is 0 Å². The molecule has 0 spiro atoms. The third-order valence-corrected chi connectivity index (χ3v) is 7.51. The quantitative estimate of drug-likeness (QED) is 0.426. The molecule has 7 nitrogen and oxygen atoms in total. The molecule has 3 aromatic rings. The molecule has 1 atom stereocenters. The first-order valence-corrected chi connectivity index (χ1v) is 13.1. The predicted molar refractivity (Wildman–Crippen MR) is 137 cm³/mol. The smallest absolute Gasteiger partial charge is 0.264 e. The van der Waals surface area contributed by atoms with Crippen molar-refractivity contribution in [3.8, 4) is 0 Å². The van der Waals surface area contributed by atoms with Crippen LogP contribution in [0.1, 0.15) is 19.4 Å². The minimum Gasteiger partial charge on any atom is -0.355 e. The van der Waals surface area contributed by atoms with Crippen molar-refractivity contribution in [2.24, 2.45) is 0 Å². The lowest BCUT2D eigenvalue weighted by atomic mass is 10.1. The van der Waals surface area contributed by atoms with Crippen molar-refractivity contribution in [2.45, 2.75) is 31.2 Å². The van der Waals surface area contributed by atoms with Crippen LogP contribution in [0.4, 0.5) is 10.1 Å². The number of hydrogen-bond donors (Lipinski definition) is 1. The van der Waals surface area contributed by atoms with E-state index in [-0.39, 0.29) is 23.0 Å². The lowest BCUT2D eigenvalue weighted by Gasteiger charge is -2.32. The standard InChI is InChI=1S/C27H30FN3O4S/c1-3-29-27(33)21(2)30(19-18-22-12-6-4-7-13-22)26(32)20-31(25-17-11-10-16-24(25)28)36(34,35)23-14-8-5-9-15-23/h4-17,21H,3,18-20H2,1-2H3,(H,29,33)/t21-/m1/s1. The number of nitrogens with one attached hydrogen (secondary N) is 1. The molecule has 3 aromatic carbocycles. The molecule has 0 aliphatic carbocycles. The molecule has 0 aliphatic heterocycles. The highest BCUT2D eigenvalue weighted by atomic mass is 32.2. The van der Waals surface area contributed by atoms with Gasteiger partial charge in [0, 0.05) is 13.1 Å². The van der Waals surface area contributed by atoms with E-state index in [2.05, 4.69) is 5.32 Å². The first kappa shape index (κ1) is 26.9. The Hall–Kier alpha value is -3.72. The molecule has 0 heterocycles. The van der Waals surface area contributed by atoms with E-state index in [4.69, 9.17) is 0 Å². The molecule has 3 rings (SSSR count). The third kappa shape index (κ3) is 6.48. The summed E-state index contributed by atoms with van der Waals surface area (Å²) >= 11 is 0. The van der Waals surface area contributed by atoms with Crippen molar-refractivity contribution in [2.75, 3.05) is 23.9 Å². The Labute approximate surface area is 211 Å². The number of likely N-dealkylation sites (N-methyl/N-ethyl adjacent to an activating group) is 1. The van der Waals surface area contributed by atoms with Gasteiger partial charge in [0.25, 0.3) is 10.0 Å². The van der Waals surface area contributed by atoms with E-state index >= 15 is 0 Å². The highest BCUT2D eigenvalue weighted by molar-refractivity contribution is 7.92. The van der Waals surface area contributed by atoms with Gasteiger partial charge in [-0.05, 0) is 50.1 Å². The van der Waals surface area contributed by atoms with Crippen molar-refractivity contribution >= 4 is 27.5 Å². The fraction of sp³-hybridized carbons (Fsp3) is 0.259. The molecule has 0 unspecified atom stereocenters. The molecule has 0 radical (unpaired) electrons. The maximum absolute atomic E-state index is 14.8. The second-order valence-corrected chi connectivity index (χ2v) is 10.0. The second kappa shape index (κ2) is 12.3. The summed E-state index contributed by atoms with van der Waals surface area (Å²) in [5.74, 6) is -1.76. The van der Waals surface area contributed by atoms with Crippen molar-refractivity contribution in [1.82, 2.24) is 10.2 Å². The molecule has 0 saturated carbocycles. The number of rotatable bonds is 11. The van der Waals surface area contributed by atoms with Crippen LogP contribution in [0.5, 0.6) is 0 Å². The molecule has 1 N–H and O–H groups in total. The summed E-state index contributed by atoms with van der Waals surface area (Å²) < 4.78 is 42.6. The average Bonchev–Trinajstić information content (AvgIpc) is 2.89. The first-order chi connectivity index (χ1) is 17.3. The fourth-order valence-electron chi connectivity index (χ4n) is 3.78. The molecule has 0 bridgehead atoms. The Kier molecular flexibility index (Phi) is 9.19. The Bertz CT molecular complexity index is 1270. The van der Waals surface area contributed by atoms with E-state index in [1.165, 1.54) is 35.2 Å². The van der Waals surface area contributed by atoms with Gasteiger partial charge in [-0.15, -0.1) is 0 Å². The fourth-order valence-corrected chi connectivity index (χ4v) is 5.22. The number of para-hydroxylation sites is 1. The number of carbonyl (C=O) groups is 2. The van der Waals surface area contributed by atoms with Gasteiger partial charge in [-0.2, -0.15) is 0 Å². The molecule has 2 amide bonds. The summed E-state index contributed by atoms with van der Waals surface area (Å²) in [6.07, 6.45) is 0.460. The van der Waals surface area contributed by atoms with E-state index in [0.717, 1.165) is 15.9 Å². The minimum absolute atomic E-state index is 0.0753. The van der Waals surface area contributed by atoms with Gasteiger partial charge < -0.3 is 10.2 Å². The number of halogens is 1. The molecule has 190 valence electrons. The summed E-state index contributed by atoms with van der Waals surface area (Å²) in [5.41, 5.74) is 0.713. The molecule has 9 heteroatoms. The predicted octanol–water partition coefficient (Wildman–Crippen LogP) is 3.62. The topological polar surface area (TPSA) is 86.8 Å². The molecule has 0 aromatic heterocycles. The maximum atomic E-state index is 14.8. The number of benzene rings is 3. The van der Waals surface area contributed by atoms with Gasteiger partial charge in [0.2, 0.25) is 11.8 Å². The largest absolute Gasteiger partial charge is 0.355 e. The SMILES string of the molecule is CCNC(=O)[C@@H](C)N(CCc1ccccc1)C(=O)CN(c1ccccc1F)S(=O)(=O)c1ccccc1. The van der Waals surface area contributed by atoms with Crippen molar-refractivity contribution < 1.29 is 22.4 Å². The number of nitrogens with zero attached hydrogens (tertiary/aromatic N) is 2. The van der Waals surface area contributed by atoms with Crippen LogP contribution in [-0.2, 0) is 26.0 Å². The lowest BCUT2D eigenvalue weighted by Crippen LogP contribution is -2.52. The summed E-state index contributed by atoms with van der Waals surface area (Å²) in [6, 6.07) is 21.5. The van der Waals surface area contributed by atoms with Crippen LogP contribution in [0.15, 0.2) is 89.8 Å². The van der Waals surface area contributed by atoms with Crippen LogP contribution in [0.25, 0.3) is 0 Å². The zero-order chi connectivity index (χ0) is 26.1. The van der Waals surface area contributed by atoms with Crippen LogP contribution in [-0.4, -0.2) is 50.8 Å². The summed E-state index contributed by atoms with van der Waals surface area (Å²) in [4.78, 5) is 27.5. The van der Waals surface area contributed by atoms with Crippen LogP contribution >= 0.6 is 0 Å². The van der Waals surface area contributed by atoms with Crippen molar-refractivity contribution in [3.63, 3.8) is 0 Å². The number of sulfonamides is 1. The Morgan fingerprint density at radius 3 is 2.11 bits per heavy atom. The highest BCUT2D eigenvalue weighted by Gasteiger charge is 2.33. The maximum Gasteiger partial charge on any atom is 0.264 e. The Morgan fingerprint density at radius 1 is 0.917 bits per heavy atom. The van der Waals surface area contributed by atoms with E-state index in [1.54, 1.807) is 32.0 Å². The van der Waals surface area contributed by atoms with Gasteiger partial charge >= 0.3 is 0 Å². The monoisotopic (exact) mass is 511 g/mol. The summed E-state index contributed by atoms with van der Waals surface area (Å²) in [6.45, 7) is 3.25. The van der Waals surface area contributed by atoms with Gasteiger partial charge in [-0.25, -0.2) is 12.8 Å². The van der Waals surface area contributed by atoms with Crippen LogP contribution < -0.4 is 9.62 Å². The van der Waals surface area contributed by atoms with Crippen molar-refractivity contribution in [3.05, 3.63) is 96.3 Å². The lowest BCUT2D eigenvalue weighted by molar-refractivity contribution is -0.138. The minimum atomic E-state index is -4.28. The summed E-state index contributed by atoms with van der Waals surface area (Å²) in [5, 5.41) is 2.70. The molecule has 36 heavy (non-hydrogen) atoms.